The molecule has 7 nitrogen and oxygen atoms in total. The van der Waals surface area contributed by atoms with Gasteiger partial charge in [-0.1, -0.05) is 49.6 Å². The molecule has 1 aliphatic carbocycles. The lowest BCUT2D eigenvalue weighted by Gasteiger charge is -2.33. The predicted octanol–water partition coefficient (Wildman–Crippen LogP) is 3.77. The standard InChI is InChI=1S/C26H34FN3O4S/c1-19-10-7-8-11-21(19)17-29(20(2)26(32)28-23-13-5-4-6-14-23)25(31)18-30(35(3,33)34)24-15-9-12-22(27)16-24/h7-12,15-16,20,23H,4-6,13-14,17-18H2,1-3H3,(H,28,32)/t20-/m0/s1. The Morgan fingerprint density at radius 3 is 2.40 bits per heavy atom. The van der Waals surface area contributed by atoms with Gasteiger partial charge < -0.3 is 10.2 Å². The lowest BCUT2D eigenvalue weighted by atomic mass is 9.95. The van der Waals surface area contributed by atoms with Crippen LogP contribution < -0.4 is 9.62 Å². The second-order valence-electron chi connectivity index (χ2n) is 9.22. The molecule has 0 radical (unpaired) electrons. The normalized spacial score (nSPS) is 15.3. The molecule has 1 atom stereocenters. The number of carbonyl (C=O) groups is 2. The topological polar surface area (TPSA) is 86.8 Å². The number of benzene rings is 2. The van der Waals surface area contributed by atoms with Crippen LogP contribution in [0.4, 0.5) is 10.1 Å². The molecule has 0 heterocycles. The number of aryl methyl sites for hydroxylation is 1. The molecule has 0 spiro atoms. The summed E-state index contributed by atoms with van der Waals surface area (Å²) >= 11 is 0. The summed E-state index contributed by atoms with van der Waals surface area (Å²) in [5, 5.41) is 3.06. The molecule has 1 fully saturated rings. The molecule has 0 aromatic heterocycles. The summed E-state index contributed by atoms with van der Waals surface area (Å²) in [6.45, 7) is 3.17. The van der Waals surface area contributed by atoms with Gasteiger partial charge in [0.15, 0.2) is 0 Å². The van der Waals surface area contributed by atoms with Crippen LogP contribution in [0.15, 0.2) is 48.5 Å². The third-order valence-corrected chi connectivity index (χ3v) is 7.64. The number of amides is 2. The van der Waals surface area contributed by atoms with Gasteiger partial charge in [-0.3, -0.25) is 13.9 Å². The van der Waals surface area contributed by atoms with Crippen molar-refractivity contribution in [1.29, 1.82) is 0 Å². The molecule has 3 rings (SSSR count). The molecule has 190 valence electrons. The largest absolute Gasteiger partial charge is 0.352 e. The van der Waals surface area contributed by atoms with Crippen molar-refractivity contribution in [3.8, 4) is 0 Å². The van der Waals surface area contributed by atoms with E-state index in [1.54, 1.807) is 6.92 Å². The quantitative estimate of drug-likeness (QED) is 0.565. The molecule has 1 N–H and O–H groups in total. The Hall–Kier alpha value is -2.94. The maximum Gasteiger partial charge on any atom is 0.244 e. The van der Waals surface area contributed by atoms with Crippen molar-refractivity contribution in [1.82, 2.24) is 10.2 Å². The van der Waals surface area contributed by atoms with Gasteiger partial charge in [-0.05, 0) is 56.0 Å². The SMILES string of the molecule is Cc1ccccc1CN(C(=O)CN(c1cccc(F)c1)S(C)(=O)=O)[C@@H](C)C(=O)NC1CCCCC1. The van der Waals surface area contributed by atoms with Gasteiger partial charge in [-0.2, -0.15) is 0 Å². The third-order valence-electron chi connectivity index (χ3n) is 6.50. The molecule has 9 heteroatoms. The zero-order valence-corrected chi connectivity index (χ0v) is 21.4. The summed E-state index contributed by atoms with van der Waals surface area (Å²) in [5.74, 6) is -1.43. The predicted molar refractivity (Wildman–Crippen MR) is 135 cm³/mol. The van der Waals surface area contributed by atoms with E-state index in [0.717, 1.165) is 59.9 Å². The fourth-order valence-electron chi connectivity index (χ4n) is 4.37. The first-order valence-corrected chi connectivity index (χ1v) is 13.8. The highest BCUT2D eigenvalue weighted by Gasteiger charge is 2.31. The van der Waals surface area contributed by atoms with Gasteiger partial charge in [0.1, 0.15) is 18.4 Å². The first-order valence-electron chi connectivity index (χ1n) is 11.9. The van der Waals surface area contributed by atoms with Gasteiger partial charge in [-0.25, -0.2) is 12.8 Å². The Labute approximate surface area is 207 Å². The Balaban J connectivity index is 1.88. The van der Waals surface area contributed by atoms with Crippen LogP contribution >= 0.6 is 0 Å². The molecule has 0 bridgehead atoms. The summed E-state index contributed by atoms with van der Waals surface area (Å²) in [6, 6.07) is 11.9. The minimum absolute atomic E-state index is 0.0519. The van der Waals surface area contributed by atoms with Crippen LogP contribution in [-0.2, 0) is 26.2 Å². The molecule has 0 aliphatic heterocycles. The molecule has 1 saturated carbocycles. The van der Waals surface area contributed by atoms with Crippen LogP contribution in [0.3, 0.4) is 0 Å². The molecule has 1 aliphatic rings. The minimum atomic E-state index is -3.89. The Bertz CT molecular complexity index is 1150. The van der Waals surface area contributed by atoms with Crippen molar-refractivity contribution in [3.05, 3.63) is 65.5 Å². The van der Waals surface area contributed by atoms with Gasteiger partial charge in [0.25, 0.3) is 0 Å². The van der Waals surface area contributed by atoms with Gasteiger partial charge in [0, 0.05) is 12.6 Å². The third kappa shape index (κ3) is 7.27. The van der Waals surface area contributed by atoms with E-state index in [1.165, 1.54) is 23.1 Å². The van der Waals surface area contributed by atoms with E-state index in [0.29, 0.717) is 0 Å². The van der Waals surface area contributed by atoms with Crippen molar-refractivity contribution >= 4 is 27.5 Å². The molecule has 2 aromatic carbocycles. The van der Waals surface area contributed by atoms with E-state index in [4.69, 9.17) is 0 Å². The van der Waals surface area contributed by atoms with Gasteiger partial charge in [0.2, 0.25) is 21.8 Å². The zero-order chi connectivity index (χ0) is 25.6. The van der Waals surface area contributed by atoms with Crippen LogP contribution in [0, 0.1) is 12.7 Å². The molecule has 2 aromatic rings. The van der Waals surface area contributed by atoms with Crippen molar-refractivity contribution in [3.63, 3.8) is 0 Å². The number of rotatable bonds is 9. The number of hydrogen-bond donors (Lipinski definition) is 1. The second kappa shape index (κ2) is 11.7. The van der Waals surface area contributed by atoms with E-state index < -0.39 is 34.3 Å². The van der Waals surface area contributed by atoms with Crippen LogP contribution in [0.25, 0.3) is 0 Å². The van der Waals surface area contributed by atoms with Crippen LogP contribution in [0.2, 0.25) is 0 Å². The molecule has 35 heavy (non-hydrogen) atoms. The van der Waals surface area contributed by atoms with E-state index >= 15 is 0 Å². The van der Waals surface area contributed by atoms with Crippen molar-refractivity contribution < 1.29 is 22.4 Å². The molecule has 2 amide bonds. The summed E-state index contributed by atoms with van der Waals surface area (Å²) < 4.78 is 39.8. The van der Waals surface area contributed by atoms with Crippen molar-refractivity contribution in [2.24, 2.45) is 0 Å². The van der Waals surface area contributed by atoms with Crippen LogP contribution in [0.1, 0.15) is 50.2 Å². The Morgan fingerprint density at radius 2 is 1.77 bits per heavy atom. The summed E-state index contributed by atoms with van der Waals surface area (Å²) in [7, 11) is -3.89. The highest BCUT2D eigenvalue weighted by Crippen LogP contribution is 2.21. The zero-order valence-electron chi connectivity index (χ0n) is 20.5. The molecular weight excluding hydrogens is 469 g/mol. The number of nitrogens with one attached hydrogen (secondary N) is 1. The molecular formula is C26H34FN3O4S. The average molecular weight is 504 g/mol. The number of nitrogens with zero attached hydrogens (tertiary/aromatic N) is 2. The van der Waals surface area contributed by atoms with Crippen molar-refractivity contribution in [2.75, 3.05) is 17.1 Å². The number of halogens is 1. The van der Waals surface area contributed by atoms with Crippen LogP contribution in [0.5, 0.6) is 0 Å². The van der Waals surface area contributed by atoms with Crippen molar-refractivity contribution in [2.45, 2.75) is 64.6 Å². The highest BCUT2D eigenvalue weighted by molar-refractivity contribution is 7.92. The molecule has 0 unspecified atom stereocenters. The minimum Gasteiger partial charge on any atom is -0.352 e. The highest BCUT2D eigenvalue weighted by atomic mass is 32.2. The lowest BCUT2D eigenvalue weighted by Crippen LogP contribution is -2.53. The fourth-order valence-corrected chi connectivity index (χ4v) is 5.21. The first-order chi connectivity index (χ1) is 16.6. The second-order valence-corrected chi connectivity index (χ2v) is 11.1. The fraction of sp³-hybridized carbons (Fsp3) is 0.462. The van der Waals surface area contributed by atoms with Gasteiger partial charge >= 0.3 is 0 Å². The Kier molecular flexibility index (Phi) is 8.88. The van der Waals surface area contributed by atoms with E-state index in [9.17, 15) is 22.4 Å². The monoisotopic (exact) mass is 503 g/mol. The maximum atomic E-state index is 13.8. The average Bonchev–Trinajstić information content (AvgIpc) is 2.81. The number of hydrogen-bond acceptors (Lipinski definition) is 4. The van der Waals surface area contributed by atoms with E-state index in [2.05, 4.69) is 5.32 Å². The molecule has 0 saturated heterocycles. The maximum absolute atomic E-state index is 13.8. The van der Waals surface area contributed by atoms with E-state index in [-0.39, 0.29) is 24.2 Å². The summed E-state index contributed by atoms with van der Waals surface area (Å²) in [4.78, 5) is 28.1. The smallest absolute Gasteiger partial charge is 0.244 e. The summed E-state index contributed by atoms with van der Waals surface area (Å²) in [5.41, 5.74) is 1.86. The van der Waals surface area contributed by atoms with Gasteiger partial charge in [0.05, 0.1) is 11.9 Å². The summed E-state index contributed by atoms with van der Waals surface area (Å²) in [6.07, 6.45) is 6.05. The number of anilines is 1. The Morgan fingerprint density at radius 1 is 1.09 bits per heavy atom. The van der Waals surface area contributed by atoms with E-state index in [1.807, 2.05) is 31.2 Å². The first kappa shape index (κ1) is 26.7. The van der Waals surface area contributed by atoms with Gasteiger partial charge in [-0.15, -0.1) is 0 Å². The number of carbonyl (C=O) groups excluding carboxylic acids is 2. The van der Waals surface area contributed by atoms with Crippen LogP contribution in [-0.4, -0.2) is 50.0 Å². The lowest BCUT2D eigenvalue weighted by molar-refractivity contribution is -0.139. The number of sulfonamides is 1.